The van der Waals surface area contributed by atoms with E-state index in [-0.39, 0.29) is 26.1 Å². The van der Waals surface area contributed by atoms with Crippen LogP contribution >= 0.6 is 7.82 Å². The molecule has 0 spiro atoms. The maximum absolute atomic E-state index is 12.0. The molecule has 2 unspecified atom stereocenters. The Bertz CT molecular complexity index is 680. The van der Waals surface area contributed by atoms with Crippen LogP contribution in [0.3, 0.4) is 0 Å². The number of phosphoric ester groups is 1. The molecule has 0 aromatic heterocycles. The Hall–Kier alpha value is -1.03. The van der Waals surface area contributed by atoms with E-state index in [1.165, 1.54) is 103 Å². The van der Waals surface area contributed by atoms with Crippen LogP contribution < -0.4 is 0 Å². The standard InChI is InChI=1S/C34H67O10P/c1-3-5-7-9-11-13-15-17-19-21-23-25-33(37)41-27-31(35)29-43-45(39,40)44-30-32(36)28-42-34(38)26-24-22-20-18-16-14-12-10-8-6-4-2/h31-32,35-36H,3-30H2,1-2H3,(H,39,40). The third kappa shape index (κ3) is 32.7. The first kappa shape index (κ1) is 44.0. The monoisotopic (exact) mass is 666 g/mol. The molecule has 0 rings (SSSR count). The van der Waals surface area contributed by atoms with Gasteiger partial charge in [0.15, 0.2) is 0 Å². The second-order valence-corrected chi connectivity index (χ2v) is 13.8. The molecule has 0 fully saturated rings. The Balaban J connectivity index is 3.73. The van der Waals surface area contributed by atoms with Crippen LogP contribution in [0.4, 0.5) is 0 Å². The first-order valence-electron chi connectivity index (χ1n) is 18.0. The lowest BCUT2D eigenvalue weighted by atomic mass is 10.1. The van der Waals surface area contributed by atoms with Crippen LogP contribution in [0.5, 0.6) is 0 Å². The molecule has 0 saturated heterocycles. The van der Waals surface area contributed by atoms with Crippen LogP contribution in [-0.2, 0) is 32.7 Å². The number of hydrogen-bond donors (Lipinski definition) is 3. The summed E-state index contributed by atoms with van der Waals surface area (Å²) in [6, 6.07) is 0. The summed E-state index contributed by atoms with van der Waals surface area (Å²) in [4.78, 5) is 33.5. The zero-order chi connectivity index (χ0) is 33.4. The molecule has 0 aliphatic heterocycles. The fourth-order valence-electron chi connectivity index (χ4n) is 4.88. The summed E-state index contributed by atoms with van der Waals surface area (Å²) in [6.07, 6.45) is 23.8. The van der Waals surface area contributed by atoms with E-state index in [0.717, 1.165) is 38.5 Å². The van der Waals surface area contributed by atoms with Crippen molar-refractivity contribution < 1.29 is 47.8 Å². The smallest absolute Gasteiger partial charge is 0.463 e. The first-order valence-corrected chi connectivity index (χ1v) is 19.5. The van der Waals surface area contributed by atoms with E-state index in [2.05, 4.69) is 13.8 Å². The van der Waals surface area contributed by atoms with Crippen molar-refractivity contribution in [2.24, 2.45) is 0 Å². The van der Waals surface area contributed by atoms with Crippen molar-refractivity contribution in [2.45, 2.75) is 180 Å². The zero-order valence-corrected chi connectivity index (χ0v) is 29.5. The SMILES string of the molecule is CCCCCCCCCCCCCC(=O)OCC(O)COP(=O)(O)OCC(O)COC(=O)CCCCCCCCCCCCC. The topological polar surface area (TPSA) is 149 Å². The second kappa shape index (κ2) is 31.6. The van der Waals surface area contributed by atoms with Gasteiger partial charge in [-0.1, -0.05) is 142 Å². The summed E-state index contributed by atoms with van der Waals surface area (Å²) in [5.74, 6) is -0.871. The van der Waals surface area contributed by atoms with E-state index < -0.39 is 45.2 Å². The van der Waals surface area contributed by atoms with Gasteiger partial charge in [0.25, 0.3) is 0 Å². The highest BCUT2D eigenvalue weighted by Gasteiger charge is 2.25. The number of ether oxygens (including phenoxy) is 2. The molecule has 0 aromatic rings. The number of carbonyl (C=O) groups excluding carboxylic acids is 2. The van der Waals surface area contributed by atoms with Gasteiger partial charge in [0.1, 0.15) is 25.4 Å². The Kier molecular flexibility index (Phi) is 30.8. The van der Waals surface area contributed by atoms with E-state index in [9.17, 15) is 29.3 Å². The third-order valence-electron chi connectivity index (χ3n) is 7.70. The number of aliphatic hydroxyl groups excluding tert-OH is 2. The third-order valence-corrected chi connectivity index (χ3v) is 8.65. The van der Waals surface area contributed by atoms with Gasteiger partial charge in [-0.15, -0.1) is 0 Å². The second-order valence-electron chi connectivity index (χ2n) is 12.3. The van der Waals surface area contributed by atoms with Crippen molar-refractivity contribution in [3.8, 4) is 0 Å². The molecule has 0 aromatic carbocycles. The van der Waals surface area contributed by atoms with Crippen molar-refractivity contribution in [2.75, 3.05) is 26.4 Å². The molecule has 3 N–H and O–H groups in total. The van der Waals surface area contributed by atoms with Gasteiger partial charge >= 0.3 is 19.8 Å². The van der Waals surface area contributed by atoms with Gasteiger partial charge in [0, 0.05) is 12.8 Å². The lowest BCUT2D eigenvalue weighted by molar-refractivity contribution is -0.147. The van der Waals surface area contributed by atoms with Gasteiger partial charge in [-0.2, -0.15) is 0 Å². The Morgan fingerprint density at radius 2 is 0.756 bits per heavy atom. The molecule has 0 saturated carbocycles. The normalized spacial score (nSPS) is 14.2. The van der Waals surface area contributed by atoms with E-state index >= 15 is 0 Å². The predicted molar refractivity (Wildman–Crippen MR) is 178 cm³/mol. The van der Waals surface area contributed by atoms with E-state index in [0.29, 0.717) is 0 Å². The molecule has 45 heavy (non-hydrogen) atoms. The average molecular weight is 667 g/mol. The van der Waals surface area contributed by atoms with Gasteiger partial charge in [-0.05, 0) is 12.8 Å². The predicted octanol–water partition coefficient (Wildman–Crippen LogP) is 8.33. The number of aliphatic hydroxyl groups is 2. The molecule has 11 heteroatoms. The quantitative estimate of drug-likeness (QED) is 0.0348. The highest BCUT2D eigenvalue weighted by atomic mass is 31.2. The Morgan fingerprint density at radius 1 is 0.489 bits per heavy atom. The minimum absolute atomic E-state index is 0.258. The Labute approximate surface area is 273 Å². The Morgan fingerprint density at radius 3 is 1.04 bits per heavy atom. The van der Waals surface area contributed by atoms with E-state index in [1.54, 1.807) is 0 Å². The molecule has 0 aliphatic rings. The number of phosphoric acid groups is 1. The number of rotatable bonds is 34. The van der Waals surface area contributed by atoms with Crippen LogP contribution in [0.15, 0.2) is 0 Å². The molecule has 0 amide bonds. The van der Waals surface area contributed by atoms with Crippen LogP contribution in [0.2, 0.25) is 0 Å². The summed E-state index contributed by atoms with van der Waals surface area (Å²) in [7, 11) is -4.58. The van der Waals surface area contributed by atoms with Crippen LogP contribution in [0.1, 0.15) is 168 Å². The molecule has 10 nitrogen and oxygen atoms in total. The largest absolute Gasteiger partial charge is 0.472 e. The summed E-state index contributed by atoms with van der Waals surface area (Å²) >= 11 is 0. The van der Waals surface area contributed by atoms with Gasteiger partial charge in [0.05, 0.1) is 13.2 Å². The van der Waals surface area contributed by atoms with Gasteiger partial charge < -0.3 is 24.6 Å². The van der Waals surface area contributed by atoms with Gasteiger partial charge in [0.2, 0.25) is 0 Å². The van der Waals surface area contributed by atoms with Gasteiger partial charge in [-0.3, -0.25) is 18.6 Å². The lowest BCUT2D eigenvalue weighted by Crippen LogP contribution is -2.25. The lowest BCUT2D eigenvalue weighted by Gasteiger charge is -2.17. The van der Waals surface area contributed by atoms with Crippen molar-refractivity contribution in [1.82, 2.24) is 0 Å². The minimum Gasteiger partial charge on any atom is -0.463 e. The molecule has 0 heterocycles. The van der Waals surface area contributed by atoms with E-state index in [4.69, 9.17) is 18.5 Å². The van der Waals surface area contributed by atoms with Crippen molar-refractivity contribution in [3.63, 3.8) is 0 Å². The van der Waals surface area contributed by atoms with Gasteiger partial charge in [-0.25, -0.2) is 4.57 Å². The van der Waals surface area contributed by atoms with Crippen LogP contribution in [-0.4, -0.2) is 65.7 Å². The van der Waals surface area contributed by atoms with Crippen molar-refractivity contribution in [3.05, 3.63) is 0 Å². The molecular formula is C34H67O10P. The molecule has 2 atom stereocenters. The molecule has 0 aliphatic carbocycles. The summed E-state index contributed by atoms with van der Waals surface area (Å²) in [6.45, 7) is 2.52. The minimum atomic E-state index is -4.58. The summed E-state index contributed by atoms with van der Waals surface area (Å²) in [5, 5.41) is 19.9. The molecule has 0 radical (unpaired) electrons. The maximum atomic E-state index is 12.0. The average Bonchev–Trinajstić information content (AvgIpc) is 3.02. The summed E-state index contributed by atoms with van der Waals surface area (Å²) in [5.41, 5.74) is 0. The molecular weight excluding hydrogens is 599 g/mol. The fraction of sp³-hybridized carbons (Fsp3) is 0.941. The maximum Gasteiger partial charge on any atom is 0.472 e. The molecule has 268 valence electrons. The van der Waals surface area contributed by atoms with Crippen molar-refractivity contribution in [1.29, 1.82) is 0 Å². The van der Waals surface area contributed by atoms with Crippen molar-refractivity contribution >= 4 is 19.8 Å². The number of hydrogen-bond acceptors (Lipinski definition) is 9. The summed E-state index contributed by atoms with van der Waals surface area (Å²) < 4.78 is 31.5. The number of esters is 2. The number of carbonyl (C=O) groups is 2. The fourth-order valence-corrected chi connectivity index (χ4v) is 5.68. The molecule has 0 bridgehead atoms. The zero-order valence-electron chi connectivity index (χ0n) is 28.6. The first-order chi connectivity index (χ1) is 21.7. The van der Waals surface area contributed by atoms with E-state index in [1.807, 2.05) is 0 Å². The highest BCUT2D eigenvalue weighted by molar-refractivity contribution is 7.47. The van der Waals surface area contributed by atoms with Crippen LogP contribution in [0, 0.1) is 0 Å². The van der Waals surface area contributed by atoms with Crippen LogP contribution in [0.25, 0.3) is 0 Å². The number of unbranched alkanes of at least 4 members (excludes halogenated alkanes) is 20. The highest BCUT2D eigenvalue weighted by Crippen LogP contribution is 2.43.